The molecule has 0 radical (unpaired) electrons. The van der Waals surface area contributed by atoms with Crippen LogP contribution in [0.2, 0.25) is 0 Å². The number of nitrogens with two attached hydrogens (primary N) is 1. The predicted molar refractivity (Wildman–Crippen MR) is 63.3 cm³/mol. The minimum Gasteiger partial charge on any atom is -0.439 e. The van der Waals surface area contributed by atoms with Crippen LogP contribution in [-0.2, 0) is 0 Å². The van der Waals surface area contributed by atoms with Gasteiger partial charge in [-0.15, -0.1) is 0 Å². The average molecular weight is 250 g/mol. The highest BCUT2D eigenvalue weighted by atomic mass is 19.2. The predicted octanol–water partition coefficient (Wildman–Crippen LogP) is 3.17. The molecule has 1 unspecified atom stereocenters. The normalized spacial score (nSPS) is 12.2. The van der Waals surface area contributed by atoms with Crippen molar-refractivity contribution in [3.63, 3.8) is 0 Å². The zero-order valence-corrected chi connectivity index (χ0v) is 9.73. The van der Waals surface area contributed by atoms with Gasteiger partial charge in [0.25, 0.3) is 0 Å². The lowest BCUT2D eigenvalue weighted by atomic mass is 10.1. The summed E-state index contributed by atoms with van der Waals surface area (Å²) in [4.78, 5) is 4.03. The molecule has 0 saturated heterocycles. The van der Waals surface area contributed by atoms with Crippen molar-refractivity contribution in [3.8, 4) is 11.6 Å². The van der Waals surface area contributed by atoms with E-state index in [1.807, 2.05) is 0 Å². The maximum Gasteiger partial charge on any atom is 0.223 e. The lowest BCUT2D eigenvalue weighted by Gasteiger charge is -2.12. The molecule has 1 aromatic carbocycles. The fourth-order valence-corrected chi connectivity index (χ4v) is 1.49. The van der Waals surface area contributed by atoms with Gasteiger partial charge in [-0.1, -0.05) is 6.07 Å². The van der Waals surface area contributed by atoms with Gasteiger partial charge in [0, 0.05) is 23.9 Å². The highest BCUT2D eigenvalue weighted by Crippen LogP contribution is 2.27. The fourth-order valence-electron chi connectivity index (χ4n) is 1.49. The van der Waals surface area contributed by atoms with Crippen LogP contribution in [0.5, 0.6) is 11.6 Å². The second-order valence-electron chi connectivity index (χ2n) is 3.86. The molecule has 0 saturated carbocycles. The Morgan fingerprint density at radius 2 is 2.00 bits per heavy atom. The van der Waals surface area contributed by atoms with E-state index >= 15 is 0 Å². The Balaban J connectivity index is 2.31. The van der Waals surface area contributed by atoms with Crippen LogP contribution in [0, 0.1) is 11.6 Å². The molecule has 0 aliphatic carbocycles. The molecule has 1 aromatic heterocycles. The van der Waals surface area contributed by atoms with Crippen molar-refractivity contribution in [3.05, 3.63) is 53.7 Å². The first-order valence-corrected chi connectivity index (χ1v) is 5.41. The summed E-state index contributed by atoms with van der Waals surface area (Å²) >= 11 is 0. The summed E-state index contributed by atoms with van der Waals surface area (Å²) in [7, 11) is 0. The van der Waals surface area contributed by atoms with Crippen molar-refractivity contribution in [1.82, 2.24) is 4.98 Å². The Morgan fingerprint density at radius 3 is 2.67 bits per heavy atom. The van der Waals surface area contributed by atoms with Crippen molar-refractivity contribution in [2.24, 2.45) is 5.73 Å². The topological polar surface area (TPSA) is 48.1 Å². The Labute approximate surface area is 103 Å². The molecule has 1 heterocycles. The number of aromatic nitrogens is 1. The Morgan fingerprint density at radius 1 is 1.22 bits per heavy atom. The van der Waals surface area contributed by atoms with Gasteiger partial charge >= 0.3 is 0 Å². The van der Waals surface area contributed by atoms with Gasteiger partial charge in [0.15, 0.2) is 11.6 Å². The molecule has 0 aliphatic rings. The summed E-state index contributed by atoms with van der Waals surface area (Å²) in [6.07, 6.45) is 1.54. The Kier molecular flexibility index (Phi) is 3.53. The van der Waals surface area contributed by atoms with Gasteiger partial charge < -0.3 is 10.5 Å². The monoisotopic (exact) mass is 250 g/mol. The molecule has 0 fully saturated rings. The SMILES string of the molecule is CC(N)c1cccnc1Oc1ccc(F)c(F)c1. The molecule has 2 rings (SSSR count). The molecule has 0 bridgehead atoms. The molecule has 94 valence electrons. The summed E-state index contributed by atoms with van der Waals surface area (Å²) < 4.78 is 31.2. The van der Waals surface area contributed by atoms with Gasteiger partial charge in [0.2, 0.25) is 5.88 Å². The summed E-state index contributed by atoms with van der Waals surface area (Å²) in [5.41, 5.74) is 6.46. The summed E-state index contributed by atoms with van der Waals surface area (Å²) in [5, 5.41) is 0. The van der Waals surface area contributed by atoms with E-state index in [4.69, 9.17) is 10.5 Å². The molecule has 0 spiro atoms. The standard InChI is InChI=1S/C13H12F2N2O/c1-8(16)10-3-2-6-17-13(10)18-9-4-5-11(14)12(15)7-9/h2-8H,16H2,1H3. The number of rotatable bonds is 3. The second kappa shape index (κ2) is 5.10. The van der Waals surface area contributed by atoms with E-state index in [-0.39, 0.29) is 11.8 Å². The van der Waals surface area contributed by atoms with Gasteiger partial charge in [0.1, 0.15) is 5.75 Å². The number of hydrogen-bond donors (Lipinski definition) is 1. The van der Waals surface area contributed by atoms with Crippen molar-refractivity contribution >= 4 is 0 Å². The number of hydrogen-bond acceptors (Lipinski definition) is 3. The van der Waals surface area contributed by atoms with Crippen LogP contribution in [-0.4, -0.2) is 4.98 Å². The fraction of sp³-hybridized carbons (Fsp3) is 0.154. The van der Waals surface area contributed by atoms with Gasteiger partial charge in [-0.25, -0.2) is 13.8 Å². The largest absolute Gasteiger partial charge is 0.439 e. The molecular weight excluding hydrogens is 238 g/mol. The van der Waals surface area contributed by atoms with Crippen LogP contribution < -0.4 is 10.5 Å². The van der Waals surface area contributed by atoms with E-state index < -0.39 is 11.6 Å². The van der Waals surface area contributed by atoms with Crippen LogP contribution in [0.25, 0.3) is 0 Å². The van der Waals surface area contributed by atoms with Gasteiger partial charge in [-0.05, 0) is 25.1 Å². The van der Waals surface area contributed by atoms with Crippen LogP contribution in [0.4, 0.5) is 8.78 Å². The first-order chi connectivity index (χ1) is 8.58. The first-order valence-electron chi connectivity index (χ1n) is 5.41. The number of ether oxygens (including phenoxy) is 1. The molecule has 3 nitrogen and oxygen atoms in total. The molecule has 2 aromatic rings. The third kappa shape index (κ3) is 2.62. The quantitative estimate of drug-likeness (QED) is 0.910. The van der Waals surface area contributed by atoms with E-state index in [2.05, 4.69) is 4.98 Å². The van der Waals surface area contributed by atoms with Crippen molar-refractivity contribution in [1.29, 1.82) is 0 Å². The van der Waals surface area contributed by atoms with E-state index in [9.17, 15) is 8.78 Å². The van der Waals surface area contributed by atoms with Gasteiger partial charge in [-0.3, -0.25) is 0 Å². The number of pyridine rings is 1. The zero-order valence-electron chi connectivity index (χ0n) is 9.73. The lowest BCUT2D eigenvalue weighted by molar-refractivity contribution is 0.439. The van der Waals surface area contributed by atoms with E-state index in [0.29, 0.717) is 11.4 Å². The lowest BCUT2D eigenvalue weighted by Crippen LogP contribution is -2.07. The molecule has 5 heteroatoms. The number of benzene rings is 1. The minimum absolute atomic E-state index is 0.175. The number of nitrogens with zero attached hydrogens (tertiary/aromatic N) is 1. The van der Waals surface area contributed by atoms with Crippen molar-refractivity contribution < 1.29 is 13.5 Å². The molecular formula is C13H12F2N2O. The van der Waals surface area contributed by atoms with Crippen LogP contribution in [0.15, 0.2) is 36.5 Å². The summed E-state index contributed by atoms with van der Waals surface area (Å²) in [5.74, 6) is -1.42. The van der Waals surface area contributed by atoms with Gasteiger partial charge in [0.05, 0.1) is 0 Å². The van der Waals surface area contributed by atoms with E-state index in [1.54, 1.807) is 25.3 Å². The third-order valence-corrected chi connectivity index (χ3v) is 2.40. The zero-order chi connectivity index (χ0) is 13.1. The molecule has 0 aliphatic heterocycles. The Bertz CT molecular complexity index is 558. The smallest absolute Gasteiger partial charge is 0.223 e. The van der Waals surface area contributed by atoms with E-state index in [1.165, 1.54) is 6.07 Å². The number of halogens is 2. The first kappa shape index (κ1) is 12.4. The Hall–Kier alpha value is -2.01. The van der Waals surface area contributed by atoms with Crippen LogP contribution >= 0.6 is 0 Å². The minimum atomic E-state index is -0.967. The van der Waals surface area contributed by atoms with Gasteiger partial charge in [-0.2, -0.15) is 0 Å². The molecule has 0 amide bonds. The van der Waals surface area contributed by atoms with Crippen molar-refractivity contribution in [2.75, 3.05) is 0 Å². The van der Waals surface area contributed by atoms with Crippen molar-refractivity contribution in [2.45, 2.75) is 13.0 Å². The average Bonchev–Trinajstić information content (AvgIpc) is 2.34. The maximum absolute atomic E-state index is 13.0. The van der Waals surface area contributed by atoms with Crippen LogP contribution in [0.1, 0.15) is 18.5 Å². The molecule has 18 heavy (non-hydrogen) atoms. The highest BCUT2D eigenvalue weighted by molar-refractivity contribution is 5.34. The molecule has 2 N–H and O–H groups in total. The maximum atomic E-state index is 13.0. The van der Waals surface area contributed by atoms with Crippen LogP contribution in [0.3, 0.4) is 0 Å². The third-order valence-electron chi connectivity index (χ3n) is 2.40. The highest BCUT2D eigenvalue weighted by Gasteiger charge is 2.11. The van der Waals surface area contributed by atoms with E-state index in [0.717, 1.165) is 12.1 Å². The molecule has 1 atom stereocenters. The summed E-state index contributed by atoms with van der Waals surface area (Å²) in [6.45, 7) is 1.79. The summed E-state index contributed by atoms with van der Waals surface area (Å²) in [6, 6.07) is 6.54. The second-order valence-corrected chi connectivity index (χ2v) is 3.86.